The van der Waals surface area contributed by atoms with Gasteiger partial charge in [-0.15, -0.1) is 0 Å². The van der Waals surface area contributed by atoms with Gasteiger partial charge in [0.15, 0.2) is 0 Å². The minimum atomic E-state index is -1.07. The van der Waals surface area contributed by atoms with Crippen molar-refractivity contribution in [2.75, 3.05) is 18.9 Å². The van der Waals surface area contributed by atoms with Gasteiger partial charge in [-0.2, -0.15) is 0 Å². The highest BCUT2D eigenvalue weighted by molar-refractivity contribution is 6.08. The number of aliphatic imine (C=N–C) groups is 1. The summed E-state index contributed by atoms with van der Waals surface area (Å²) in [4.78, 5) is 28.5. The molecule has 0 radical (unpaired) electrons. The van der Waals surface area contributed by atoms with Gasteiger partial charge in [-0.05, 0) is 23.8 Å². The molecule has 7 heteroatoms. The van der Waals surface area contributed by atoms with Crippen molar-refractivity contribution in [2.45, 2.75) is 5.92 Å². The number of para-hydroxylation sites is 1. The first-order chi connectivity index (χ1) is 12.5. The fourth-order valence-electron chi connectivity index (χ4n) is 3.02. The normalized spacial score (nSPS) is 19.6. The van der Waals surface area contributed by atoms with Crippen molar-refractivity contribution in [3.05, 3.63) is 65.2 Å². The van der Waals surface area contributed by atoms with E-state index < -0.39 is 35.3 Å². The number of hydrogen-bond acceptors (Lipinski definition) is 3. The third-order valence-corrected chi connectivity index (χ3v) is 4.32. The van der Waals surface area contributed by atoms with Gasteiger partial charge in [0, 0.05) is 31.3 Å². The highest BCUT2D eigenvalue weighted by Crippen LogP contribution is 2.31. The van der Waals surface area contributed by atoms with Crippen LogP contribution in [0.1, 0.15) is 17.0 Å². The molecule has 2 aromatic rings. The first kappa shape index (κ1) is 17.7. The minimum absolute atomic E-state index is 0.00311. The van der Waals surface area contributed by atoms with E-state index in [0.29, 0.717) is 11.1 Å². The first-order valence-corrected chi connectivity index (χ1v) is 8.06. The van der Waals surface area contributed by atoms with E-state index in [1.54, 1.807) is 18.2 Å². The van der Waals surface area contributed by atoms with Crippen LogP contribution in [-0.2, 0) is 9.59 Å². The molecule has 0 unspecified atom stereocenters. The number of amides is 2. The third-order valence-electron chi connectivity index (χ3n) is 4.32. The Morgan fingerprint density at radius 2 is 2.00 bits per heavy atom. The molecule has 2 N–H and O–H groups in total. The predicted molar refractivity (Wildman–Crippen MR) is 94.2 cm³/mol. The number of carbonyl (C=O) groups excluding carboxylic acids is 2. The number of benzene rings is 2. The van der Waals surface area contributed by atoms with Crippen molar-refractivity contribution in [1.29, 1.82) is 0 Å². The topological polar surface area (TPSA) is 70.6 Å². The minimum Gasteiger partial charge on any atom is -0.355 e. The van der Waals surface area contributed by atoms with Gasteiger partial charge in [-0.25, -0.2) is 8.78 Å². The SMILES string of the molecule is C/N=C/c1ccc([C@H]2CNC(=O)[C@@H]2C(=O)Nc2ccccc2F)cc1F. The lowest BCUT2D eigenvalue weighted by molar-refractivity contribution is -0.130. The molecule has 1 heterocycles. The van der Waals surface area contributed by atoms with E-state index in [-0.39, 0.29) is 12.2 Å². The average molecular weight is 357 g/mol. The summed E-state index contributed by atoms with van der Waals surface area (Å²) >= 11 is 0. The summed E-state index contributed by atoms with van der Waals surface area (Å²) < 4.78 is 27.9. The van der Waals surface area contributed by atoms with Gasteiger partial charge in [-0.3, -0.25) is 14.6 Å². The third kappa shape index (κ3) is 3.46. The molecule has 3 rings (SSSR count). The molecule has 0 bridgehead atoms. The number of halogens is 2. The molecule has 1 saturated heterocycles. The Labute approximate surface area is 149 Å². The molecule has 2 atom stereocenters. The Hall–Kier alpha value is -3.09. The second kappa shape index (κ2) is 7.43. The molecule has 26 heavy (non-hydrogen) atoms. The Bertz CT molecular complexity index is 883. The summed E-state index contributed by atoms with van der Waals surface area (Å²) in [6, 6.07) is 10.2. The van der Waals surface area contributed by atoms with Crippen LogP contribution in [0.5, 0.6) is 0 Å². The smallest absolute Gasteiger partial charge is 0.237 e. The van der Waals surface area contributed by atoms with Crippen molar-refractivity contribution in [1.82, 2.24) is 5.32 Å². The van der Waals surface area contributed by atoms with Gasteiger partial charge in [-0.1, -0.05) is 24.3 Å². The Morgan fingerprint density at radius 3 is 2.69 bits per heavy atom. The van der Waals surface area contributed by atoms with Crippen LogP contribution in [0.4, 0.5) is 14.5 Å². The van der Waals surface area contributed by atoms with Gasteiger partial charge in [0.05, 0.1) is 5.69 Å². The summed E-state index contributed by atoms with van der Waals surface area (Å²) in [5.41, 5.74) is 0.834. The van der Waals surface area contributed by atoms with Crippen molar-refractivity contribution < 1.29 is 18.4 Å². The average Bonchev–Trinajstić information content (AvgIpc) is 3.00. The summed E-state index contributed by atoms with van der Waals surface area (Å²) in [5.74, 6) is -3.79. The maximum absolute atomic E-state index is 14.2. The second-order valence-electron chi connectivity index (χ2n) is 5.97. The van der Waals surface area contributed by atoms with Gasteiger partial charge >= 0.3 is 0 Å². The highest BCUT2D eigenvalue weighted by Gasteiger charge is 2.41. The molecule has 1 aliphatic heterocycles. The van der Waals surface area contributed by atoms with Crippen LogP contribution in [0.15, 0.2) is 47.5 Å². The summed E-state index contributed by atoms with van der Waals surface area (Å²) in [7, 11) is 1.54. The van der Waals surface area contributed by atoms with Crippen molar-refractivity contribution in [2.24, 2.45) is 10.9 Å². The molecule has 0 aromatic heterocycles. The van der Waals surface area contributed by atoms with Crippen LogP contribution >= 0.6 is 0 Å². The number of anilines is 1. The molecular formula is C19H17F2N3O2. The van der Waals surface area contributed by atoms with E-state index in [0.717, 1.165) is 0 Å². The lowest BCUT2D eigenvalue weighted by Gasteiger charge is -2.17. The molecule has 0 spiro atoms. The van der Waals surface area contributed by atoms with Gasteiger partial charge in [0.25, 0.3) is 0 Å². The lowest BCUT2D eigenvalue weighted by atomic mass is 9.87. The fraction of sp³-hybridized carbons (Fsp3) is 0.211. The van der Waals surface area contributed by atoms with E-state index >= 15 is 0 Å². The molecular weight excluding hydrogens is 340 g/mol. The zero-order valence-corrected chi connectivity index (χ0v) is 14.0. The van der Waals surface area contributed by atoms with E-state index in [9.17, 15) is 18.4 Å². The van der Waals surface area contributed by atoms with Crippen molar-refractivity contribution >= 4 is 23.7 Å². The molecule has 2 aromatic carbocycles. The molecule has 0 aliphatic carbocycles. The van der Waals surface area contributed by atoms with Crippen molar-refractivity contribution in [3.8, 4) is 0 Å². The van der Waals surface area contributed by atoms with E-state index in [1.807, 2.05) is 0 Å². The van der Waals surface area contributed by atoms with Crippen LogP contribution in [-0.4, -0.2) is 31.6 Å². The van der Waals surface area contributed by atoms with E-state index in [1.165, 1.54) is 37.5 Å². The number of hydrogen-bond donors (Lipinski definition) is 2. The molecule has 134 valence electrons. The fourth-order valence-corrected chi connectivity index (χ4v) is 3.02. The number of carbonyl (C=O) groups is 2. The lowest BCUT2D eigenvalue weighted by Crippen LogP contribution is -2.32. The molecule has 5 nitrogen and oxygen atoms in total. The van der Waals surface area contributed by atoms with E-state index in [4.69, 9.17) is 0 Å². The van der Waals surface area contributed by atoms with E-state index in [2.05, 4.69) is 15.6 Å². The second-order valence-corrected chi connectivity index (χ2v) is 5.97. The summed E-state index contributed by atoms with van der Waals surface area (Å²) in [5, 5.41) is 5.06. The van der Waals surface area contributed by atoms with Crippen LogP contribution in [0.25, 0.3) is 0 Å². The highest BCUT2D eigenvalue weighted by atomic mass is 19.1. The quantitative estimate of drug-likeness (QED) is 0.652. The Kier molecular flexibility index (Phi) is 5.06. The van der Waals surface area contributed by atoms with Crippen LogP contribution < -0.4 is 10.6 Å². The van der Waals surface area contributed by atoms with Crippen molar-refractivity contribution in [3.63, 3.8) is 0 Å². The predicted octanol–water partition coefficient (Wildman–Crippen LogP) is 2.48. The monoisotopic (exact) mass is 357 g/mol. The number of nitrogens with one attached hydrogen (secondary N) is 2. The number of nitrogens with zero attached hydrogens (tertiary/aromatic N) is 1. The summed E-state index contributed by atoms with van der Waals surface area (Å²) in [6.45, 7) is 0.203. The summed E-state index contributed by atoms with van der Waals surface area (Å²) in [6.07, 6.45) is 1.39. The molecule has 0 saturated carbocycles. The molecule has 1 fully saturated rings. The Balaban J connectivity index is 1.86. The molecule has 1 aliphatic rings. The zero-order chi connectivity index (χ0) is 18.7. The maximum atomic E-state index is 14.2. The van der Waals surface area contributed by atoms with Gasteiger partial charge in [0.2, 0.25) is 11.8 Å². The van der Waals surface area contributed by atoms with Gasteiger partial charge in [0.1, 0.15) is 17.6 Å². The molecule has 2 amide bonds. The Morgan fingerprint density at radius 1 is 1.23 bits per heavy atom. The first-order valence-electron chi connectivity index (χ1n) is 8.06. The standard InChI is InChI=1S/C19H17F2N3O2/c1-22-9-12-7-6-11(8-15(12)21)13-10-23-18(25)17(13)19(26)24-16-5-3-2-4-14(16)20/h2-9,13,17H,10H2,1H3,(H,23,25)(H,24,26)/b22-9+/t13-,17-/m1/s1. The maximum Gasteiger partial charge on any atom is 0.237 e. The van der Waals surface area contributed by atoms with Crippen LogP contribution in [0.3, 0.4) is 0 Å². The van der Waals surface area contributed by atoms with Gasteiger partial charge < -0.3 is 10.6 Å². The largest absolute Gasteiger partial charge is 0.355 e. The zero-order valence-electron chi connectivity index (χ0n) is 14.0. The van der Waals surface area contributed by atoms with Crippen LogP contribution in [0.2, 0.25) is 0 Å². The van der Waals surface area contributed by atoms with Crippen LogP contribution in [0, 0.1) is 17.6 Å². The number of rotatable bonds is 4.